The van der Waals surface area contributed by atoms with Gasteiger partial charge in [-0.25, -0.2) is 17.5 Å². The van der Waals surface area contributed by atoms with Gasteiger partial charge in [0.25, 0.3) is 15.9 Å². The van der Waals surface area contributed by atoms with Gasteiger partial charge in [0.05, 0.1) is 31.4 Å². The number of sulfonamides is 1. The van der Waals surface area contributed by atoms with Gasteiger partial charge in [-0.1, -0.05) is 12.1 Å². The first-order valence-corrected chi connectivity index (χ1v) is 9.98. The van der Waals surface area contributed by atoms with Crippen molar-refractivity contribution < 1.29 is 32.2 Å². The zero-order valence-corrected chi connectivity index (χ0v) is 16.2. The molecule has 0 radical (unpaired) electrons. The molecule has 0 unspecified atom stereocenters. The van der Waals surface area contributed by atoms with E-state index in [1.807, 2.05) is 6.92 Å². The standard InChI is InChI=1S/C19H19NO7S/c1-3-26-15-9-8-13(12-16(15)25-2)19(22)27-11-10-20-18(21)14-6-4-5-7-17(14)28(20,23)24/h4-9,12H,3,10-11H2,1-2H3. The van der Waals surface area contributed by atoms with E-state index in [-0.39, 0.29) is 29.2 Å². The minimum absolute atomic E-state index is 0.0393. The van der Waals surface area contributed by atoms with Crippen LogP contribution in [0.1, 0.15) is 27.6 Å². The van der Waals surface area contributed by atoms with Crippen LogP contribution in [0.4, 0.5) is 0 Å². The lowest BCUT2D eigenvalue weighted by Gasteiger charge is -2.15. The fraction of sp³-hybridized carbons (Fsp3) is 0.263. The molecule has 1 aliphatic heterocycles. The molecule has 0 fully saturated rings. The van der Waals surface area contributed by atoms with Crippen molar-refractivity contribution in [2.24, 2.45) is 0 Å². The zero-order valence-electron chi connectivity index (χ0n) is 15.4. The van der Waals surface area contributed by atoms with E-state index in [0.29, 0.717) is 22.4 Å². The molecular formula is C19H19NO7S. The van der Waals surface area contributed by atoms with Crippen LogP contribution < -0.4 is 9.47 Å². The van der Waals surface area contributed by atoms with Gasteiger partial charge in [0, 0.05) is 0 Å². The number of carbonyl (C=O) groups excluding carboxylic acids is 2. The number of hydrogen-bond acceptors (Lipinski definition) is 7. The molecule has 1 aliphatic rings. The molecular weight excluding hydrogens is 386 g/mol. The molecule has 2 aromatic carbocycles. The van der Waals surface area contributed by atoms with Crippen molar-refractivity contribution in [3.8, 4) is 11.5 Å². The third-order valence-electron chi connectivity index (χ3n) is 4.14. The molecule has 1 heterocycles. The van der Waals surface area contributed by atoms with E-state index in [1.165, 1.54) is 31.4 Å². The largest absolute Gasteiger partial charge is 0.493 e. The molecule has 1 amide bonds. The molecule has 0 saturated carbocycles. The van der Waals surface area contributed by atoms with Crippen LogP contribution in [0, 0.1) is 0 Å². The Morgan fingerprint density at radius 3 is 2.54 bits per heavy atom. The Bertz CT molecular complexity index is 1020. The maximum absolute atomic E-state index is 12.5. The van der Waals surface area contributed by atoms with E-state index >= 15 is 0 Å². The number of methoxy groups -OCH3 is 1. The third-order valence-corrected chi connectivity index (χ3v) is 5.98. The van der Waals surface area contributed by atoms with Gasteiger partial charge < -0.3 is 14.2 Å². The summed E-state index contributed by atoms with van der Waals surface area (Å²) in [6.07, 6.45) is 0. The molecule has 0 bridgehead atoms. The SMILES string of the molecule is CCOc1ccc(C(=O)OCCN2C(=O)c3ccccc3S2(=O)=O)cc1OC. The maximum atomic E-state index is 12.5. The molecule has 148 valence electrons. The van der Waals surface area contributed by atoms with Crippen molar-refractivity contribution >= 4 is 21.9 Å². The first-order chi connectivity index (χ1) is 13.4. The van der Waals surface area contributed by atoms with Crippen LogP contribution in [0.5, 0.6) is 11.5 Å². The van der Waals surface area contributed by atoms with Crippen molar-refractivity contribution in [3.05, 3.63) is 53.6 Å². The number of esters is 1. The molecule has 28 heavy (non-hydrogen) atoms. The van der Waals surface area contributed by atoms with E-state index in [0.717, 1.165) is 0 Å². The predicted molar refractivity (Wildman–Crippen MR) is 99.1 cm³/mol. The number of fused-ring (bicyclic) bond motifs is 1. The smallest absolute Gasteiger partial charge is 0.338 e. The van der Waals surface area contributed by atoms with Crippen LogP contribution in [0.15, 0.2) is 47.4 Å². The molecule has 0 aromatic heterocycles. The number of amides is 1. The van der Waals surface area contributed by atoms with E-state index in [4.69, 9.17) is 14.2 Å². The Morgan fingerprint density at radius 1 is 1.11 bits per heavy atom. The van der Waals surface area contributed by atoms with E-state index in [1.54, 1.807) is 18.2 Å². The normalized spacial score (nSPS) is 14.5. The molecule has 0 spiro atoms. The summed E-state index contributed by atoms with van der Waals surface area (Å²) in [7, 11) is -2.47. The van der Waals surface area contributed by atoms with Crippen molar-refractivity contribution in [1.82, 2.24) is 4.31 Å². The molecule has 9 heteroatoms. The maximum Gasteiger partial charge on any atom is 0.338 e. The summed E-state index contributed by atoms with van der Waals surface area (Å²) >= 11 is 0. The molecule has 8 nitrogen and oxygen atoms in total. The first kappa shape index (κ1) is 19.7. The second-order valence-corrected chi connectivity index (χ2v) is 7.64. The number of hydrogen-bond donors (Lipinski definition) is 0. The Kier molecular flexibility index (Phi) is 5.55. The highest BCUT2D eigenvalue weighted by Crippen LogP contribution is 2.30. The highest BCUT2D eigenvalue weighted by Gasteiger charge is 2.40. The summed E-state index contributed by atoms with van der Waals surface area (Å²) in [5.74, 6) is -0.422. The minimum atomic E-state index is -3.92. The number of nitrogens with zero attached hydrogens (tertiary/aromatic N) is 1. The van der Waals surface area contributed by atoms with Crippen LogP contribution in [0.2, 0.25) is 0 Å². The van der Waals surface area contributed by atoms with Gasteiger partial charge in [-0.3, -0.25) is 4.79 Å². The van der Waals surface area contributed by atoms with Gasteiger partial charge in [0.15, 0.2) is 11.5 Å². The summed E-state index contributed by atoms with van der Waals surface area (Å²) in [5, 5.41) is 0. The molecule has 3 rings (SSSR count). The predicted octanol–water partition coefficient (Wildman–Crippen LogP) is 2.10. The molecule has 0 saturated heterocycles. The van der Waals surface area contributed by atoms with Crippen LogP contribution in [0.3, 0.4) is 0 Å². The highest BCUT2D eigenvalue weighted by atomic mass is 32.2. The molecule has 2 aromatic rings. The fourth-order valence-electron chi connectivity index (χ4n) is 2.83. The Labute approximate surface area is 162 Å². The monoisotopic (exact) mass is 405 g/mol. The van der Waals surface area contributed by atoms with Gasteiger partial charge in [0.2, 0.25) is 0 Å². The minimum Gasteiger partial charge on any atom is -0.493 e. The average molecular weight is 405 g/mol. The first-order valence-electron chi connectivity index (χ1n) is 8.54. The fourth-order valence-corrected chi connectivity index (χ4v) is 4.38. The summed E-state index contributed by atoms with van der Waals surface area (Å²) in [5.41, 5.74) is 0.337. The Balaban J connectivity index is 1.66. The molecule has 0 atom stereocenters. The highest BCUT2D eigenvalue weighted by molar-refractivity contribution is 7.90. The summed E-state index contributed by atoms with van der Waals surface area (Å²) in [6, 6.07) is 10.5. The zero-order chi connectivity index (χ0) is 20.3. The third kappa shape index (κ3) is 3.53. The van der Waals surface area contributed by atoms with Gasteiger partial charge in [-0.05, 0) is 37.3 Å². The summed E-state index contributed by atoms with van der Waals surface area (Å²) < 4.78 is 41.3. The lowest BCUT2D eigenvalue weighted by molar-refractivity contribution is 0.0477. The lowest BCUT2D eigenvalue weighted by Crippen LogP contribution is -2.33. The van der Waals surface area contributed by atoms with Crippen molar-refractivity contribution in [2.75, 3.05) is 26.9 Å². The Morgan fingerprint density at radius 2 is 1.86 bits per heavy atom. The number of ether oxygens (including phenoxy) is 3. The lowest BCUT2D eigenvalue weighted by atomic mass is 10.2. The second kappa shape index (κ2) is 7.89. The topological polar surface area (TPSA) is 99.2 Å². The van der Waals surface area contributed by atoms with Gasteiger partial charge >= 0.3 is 5.97 Å². The van der Waals surface area contributed by atoms with Crippen molar-refractivity contribution in [3.63, 3.8) is 0 Å². The van der Waals surface area contributed by atoms with Crippen molar-refractivity contribution in [2.45, 2.75) is 11.8 Å². The van der Waals surface area contributed by atoms with Gasteiger partial charge in [-0.2, -0.15) is 0 Å². The number of benzene rings is 2. The Hall–Kier alpha value is -3.07. The average Bonchev–Trinajstić information content (AvgIpc) is 2.89. The molecule has 0 N–H and O–H groups in total. The quantitative estimate of drug-likeness (QED) is 0.651. The number of rotatable bonds is 7. The molecule has 0 aliphatic carbocycles. The van der Waals surface area contributed by atoms with Gasteiger partial charge in [0.1, 0.15) is 11.5 Å². The second-order valence-electron chi connectivity index (χ2n) is 5.81. The summed E-state index contributed by atoms with van der Waals surface area (Å²) in [6.45, 7) is 1.73. The van der Waals surface area contributed by atoms with Crippen molar-refractivity contribution in [1.29, 1.82) is 0 Å². The van der Waals surface area contributed by atoms with Crippen LogP contribution in [-0.4, -0.2) is 51.5 Å². The van der Waals surface area contributed by atoms with E-state index < -0.39 is 21.9 Å². The van der Waals surface area contributed by atoms with Gasteiger partial charge in [-0.15, -0.1) is 0 Å². The van der Waals surface area contributed by atoms with Crippen LogP contribution in [-0.2, 0) is 14.8 Å². The summed E-state index contributed by atoms with van der Waals surface area (Å²) in [4.78, 5) is 24.5. The van der Waals surface area contributed by atoms with Crippen LogP contribution >= 0.6 is 0 Å². The van der Waals surface area contributed by atoms with E-state index in [9.17, 15) is 18.0 Å². The van der Waals surface area contributed by atoms with E-state index in [2.05, 4.69) is 0 Å². The van der Waals surface area contributed by atoms with Crippen LogP contribution in [0.25, 0.3) is 0 Å². The number of carbonyl (C=O) groups is 2.